The number of carbonyl (C=O) groups excluding carboxylic acids is 1. The lowest BCUT2D eigenvalue weighted by Crippen LogP contribution is -2.37. The number of carboxylic acid groups (broad SMARTS) is 1. The van der Waals surface area contributed by atoms with Crippen LogP contribution in [0.25, 0.3) is 0 Å². The molecule has 0 aliphatic carbocycles. The van der Waals surface area contributed by atoms with E-state index in [9.17, 15) is 14.7 Å². The van der Waals surface area contributed by atoms with Crippen LogP contribution in [0.1, 0.15) is 43.5 Å². The summed E-state index contributed by atoms with van der Waals surface area (Å²) in [6, 6.07) is 6.82. The number of carbonyl (C=O) groups is 2. The van der Waals surface area contributed by atoms with Gasteiger partial charge in [0.2, 0.25) is 0 Å². The maximum Gasteiger partial charge on any atom is 0.320 e. The summed E-state index contributed by atoms with van der Waals surface area (Å²) in [4.78, 5) is 25.6. The van der Waals surface area contributed by atoms with Crippen molar-refractivity contribution in [3.63, 3.8) is 0 Å². The van der Waals surface area contributed by atoms with Gasteiger partial charge in [-0.1, -0.05) is 26.0 Å². The van der Waals surface area contributed by atoms with Crippen LogP contribution in [0.15, 0.2) is 24.3 Å². The van der Waals surface area contributed by atoms with Crippen LogP contribution in [0.2, 0.25) is 0 Å². The fraction of sp³-hybridized carbons (Fsp3) is 0.556. The Morgan fingerprint density at radius 1 is 1.35 bits per heavy atom. The Balaban J connectivity index is 1.97. The van der Waals surface area contributed by atoms with Crippen molar-refractivity contribution >= 4 is 11.8 Å². The number of aliphatic carboxylic acids is 1. The van der Waals surface area contributed by atoms with Gasteiger partial charge in [0.05, 0.1) is 12.2 Å². The highest BCUT2D eigenvalue weighted by molar-refractivity contribution is 5.98. The predicted molar refractivity (Wildman–Crippen MR) is 88.0 cm³/mol. The summed E-state index contributed by atoms with van der Waals surface area (Å²) in [6.45, 7) is 5.91. The van der Waals surface area contributed by atoms with Gasteiger partial charge < -0.3 is 9.84 Å². The molecule has 1 saturated heterocycles. The molecule has 1 N–H and O–H groups in total. The molecule has 126 valence electrons. The number of hydrogen-bond donors (Lipinski definition) is 1. The first-order chi connectivity index (χ1) is 11.0. The van der Waals surface area contributed by atoms with Crippen molar-refractivity contribution in [2.45, 2.75) is 39.2 Å². The molecule has 2 rings (SSSR count). The summed E-state index contributed by atoms with van der Waals surface area (Å²) in [6.07, 6.45) is 1.85. The lowest BCUT2D eigenvalue weighted by Gasteiger charge is -2.20. The number of ketones is 1. The number of Topliss-reactive ketones (excluding diaryl/α,β-unsaturated/α-hetero) is 1. The molecular formula is C18H25NO4. The minimum atomic E-state index is -0.796. The molecule has 1 aromatic carbocycles. The molecule has 23 heavy (non-hydrogen) atoms. The average molecular weight is 319 g/mol. The smallest absolute Gasteiger partial charge is 0.320 e. The van der Waals surface area contributed by atoms with Crippen molar-refractivity contribution in [3.8, 4) is 5.75 Å². The van der Waals surface area contributed by atoms with Crippen LogP contribution in [-0.2, 0) is 4.79 Å². The first-order valence-electron chi connectivity index (χ1n) is 8.21. The fourth-order valence-electron chi connectivity index (χ4n) is 2.83. The Morgan fingerprint density at radius 2 is 2.09 bits per heavy atom. The second-order valence-corrected chi connectivity index (χ2v) is 6.41. The molecular weight excluding hydrogens is 294 g/mol. The van der Waals surface area contributed by atoms with Gasteiger partial charge in [0.25, 0.3) is 0 Å². The van der Waals surface area contributed by atoms with E-state index in [2.05, 4.69) is 13.8 Å². The van der Waals surface area contributed by atoms with E-state index in [0.717, 1.165) is 13.0 Å². The Hall–Kier alpha value is -1.88. The molecule has 0 bridgehead atoms. The van der Waals surface area contributed by atoms with E-state index < -0.39 is 12.0 Å². The molecule has 1 aliphatic rings. The van der Waals surface area contributed by atoms with Crippen molar-refractivity contribution in [1.29, 1.82) is 0 Å². The highest BCUT2D eigenvalue weighted by Gasteiger charge is 2.30. The van der Waals surface area contributed by atoms with Crippen molar-refractivity contribution < 1.29 is 19.4 Å². The van der Waals surface area contributed by atoms with Crippen LogP contribution in [0.4, 0.5) is 0 Å². The van der Waals surface area contributed by atoms with E-state index in [4.69, 9.17) is 4.74 Å². The Bertz CT molecular complexity index is 556. The van der Waals surface area contributed by atoms with Gasteiger partial charge in [-0.2, -0.15) is 0 Å². The van der Waals surface area contributed by atoms with Gasteiger partial charge in [-0.15, -0.1) is 0 Å². The normalized spacial score (nSPS) is 18.3. The third-order valence-electron chi connectivity index (χ3n) is 4.03. The predicted octanol–water partition coefficient (Wildman–Crippen LogP) is 2.84. The number of ether oxygens (including phenoxy) is 1. The molecule has 5 nitrogen and oxygen atoms in total. The van der Waals surface area contributed by atoms with Crippen molar-refractivity contribution in [2.75, 3.05) is 19.7 Å². The molecule has 1 aromatic rings. The highest BCUT2D eigenvalue weighted by atomic mass is 16.5. The van der Waals surface area contributed by atoms with Crippen molar-refractivity contribution in [3.05, 3.63) is 29.8 Å². The number of likely N-dealkylation sites (tertiary alicyclic amines) is 1. The summed E-state index contributed by atoms with van der Waals surface area (Å²) >= 11 is 0. The summed E-state index contributed by atoms with van der Waals surface area (Å²) in [7, 11) is 0. The number of rotatable bonds is 8. The van der Waals surface area contributed by atoms with Gasteiger partial charge in [0.15, 0.2) is 5.78 Å². The number of benzene rings is 1. The van der Waals surface area contributed by atoms with Crippen molar-refractivity contribution in [1.82, 2.24) is 4.90 Å². The van der Waals surface area contributed by atoms with Crippen molar-refractivity contribution in [2.24, 2.45) is 5.92 Å². The van der Waals surface area contributed by atoms with Gasteiger partial charge in [0, 0.05) is 13.0 Å². The fourth-order valence-corrected chi connectivity index (χ4v) is 2.83. The Labute approximate surface area is 137 Å². The molecule has 1 aliphatic heterocycles. The number of nitrogens with zero attached hydrogens (tertiary/aromatic N) is 1. The third-order valence-corrected chi connectivity index (χ3v) is 4.03. The highest BCUT2D eigenvalue weighted by Crippen LogP contribution is 2.22. The third kappa shape index (κ3) is 4.79. The standard InChI is InChI=1S/C18H25NO4/c1-13(2)12-23-17-8-4-3-6-14(17)16(20)9-11-19-10-5-7-15(19)18(21)22/h3-4,6,8,13,15H,5,7,9-12H2,1-2H3,(H,21,22). The molecule has 0 saturated carbocycles. The van der Waals surface area contributed by atoms with E-state index in [1.54, 1.807) is 6.07 Å². The van der Waals surface area contributed by atoms with Crippen LogP contribution in [0, 0.1) is 5.92 Å². The van der Waals surface area contributed by atoms with E-state index >= 15 is 0 Å². The summed E-state index contributed by atoms with van der Waals surface area (Å²) in [5, 5.41) is 9.19. The summed E-state index contributed by atoms with van der Waals surface area (Å²) in [5.41, 5.74) is 0.583. The van der Waals surface area contributed by atoms with Crippen LogP contribution in [0.3, 0.4) is 0 Å². The Kier molecular flexibility index (Phi) is 6.16. The van der Waals surface area contributed by atoms with Crippen LogP contribution in [-0.4, -0.2) is 47.5 Å². The second-order valence-electron chi connectivity index (χ2n) is 6.41. The molecule has 0 spiro atoms. The molecule has 5 heteroatoms. The number of carboxylic acids is 1. The quantitative estimate of drug-likeness (QED) is 0.746. The molecule has 1 atom stereocenters. The van der Waals surface area contributed by atoms with Crippen LogP contribution in [0.5, 0.6) is 5.75 Å². The van der Waals surface area contributed by atoms with Gasteiger partial charge in [-0.3, -0.25) is 14.5 Å². The second kappa shape index (κ2) is 8.11. The first-order valence-corrected chi connectivity index (χ1v) is 8.21. The van der Waals surface area contributed by atoms with E-state index in [0.29, 0.717) is 43.2 Å². The lowest BCUT2D eigenvalue weighted by molar-refractivity contribution is -0.142. The van der Waals surface area contributed by atoms with E-state index in [1.165, 1.54) is 0 Å². The minimum absolute atomic E-state index is 0.000366. The van der Waals surface area contributed by atoms with Gasteiger partial charge in [0.1, 0.15) is 11.8 Å². The maximum atomic E-state index is 12.5. The largest absolute Gasteiger partial charge is 0.493 e. The zero-order valence-corrected chi connectivity index (χ0v) is 13.8. The molecule has 1 fully saturated rings. The zero-order chi connectivity index (χ0) is 16.8. The van der Waals surface area contributed by atoms with Crippen LogP contribution >= 0.6 is 0 Å². The molecule has 0 amide bonds. The Morgan fingerprint density at radius 3 is 2.78 bits per heavy atom. The zero-order valence-electron chi connectivity index (χ0n) is 13.8. The molecule has 1 heterocycles. The maximum absolute atomic E-state index is 12.5. The monoisotopic (exact) mass is 319 g/mol. The lowest BCUT2D eigenvalue weighted by atomic mass is 10.1. The number of hydrogen-bond acceptors (Lipinski definition) is 4. The summed E-state index contributed by atoms with van der Waals surface area (Å²) < 4.78 is 5.72. The van der Waals surface area contributed by atoms with E-state index in [1.807, 2.05) is 23.1 Å². The average Bonchev–Trinajstić information content (AvgIpc) is 2.99. The topological polar surface area (TPSA) is 66.8 Å². The van der Waals surface area contributed by atoms with Gasteiger partial charge in [-0.05, 0) is 37.4 Å². The van der Waals surface area contributed by atoms with E-state index in [-0.39, 0.29) is 5.78 Å². The van der Waals surface area contributed by atoms with Gasteiger partial charge >= 0.3 is 5.97 Å². The first kappa shape index (κ1) is 17.5. The summed E-state index contributed by atoms with van der Waals surface area (Å²) in [5.74, 6) is 0.206. The number of para-hydroxylation sites is 1. The molecule has 0 radical (unpaired) electrons. The molecule has 1 unspecified atom stereocenters. The molecule has 0 aromatic heterocycles. The minimum Gasteiger partial charge on any atom is -0.493 e. The van der Waals surface area contributed by atoms with Crippen LogP contribution < -0.4 is 4.74 Å². The SMILES string of the molecule is CC(C)COc1ccccc1C(=O)CCN1CCCC1C(=O)O. The van der Waals surface area contributed by atoms with Gasteiger partial charge in [-0.25, -0.2) is 0 Å².